The Morgan fingerprint density at radius 3 is 2.40 bits per heavy atom. The molecule has 0 aliphatic carbocycles. The van der Waals surface area contributed by atoms with Gasteiger partial charge in [0, 0.05) is 24.5 Å². The molecule has 0 aromatic rings. The summed E-state index contributed by atoms with van der Waals surface area (Å²) >= 11 is 0. The van der Waals surface area contributed by atoms with E-state index >= 15 is 0 Å². The van der Waals surface area contributed by atoms with Crippen molar-refractivity contribution < 1.29 is 4.74 Å². The van der Waals surface area contributed by atoms with E-state index in [1.807, 2.05) is 0 Å². The maximum Gasteiger partial charge on any atom is 0.0569 e. The third-order valence-electron chi connectivity index (χ3n) is 3.46. The maximum atomic E-state index is 5.41. The van der Waals surface area contributed by atoms with Crippen molar-refractivity contribution in [3.05, 3.63) is 0 Å². The van der Waals surface area contributed by atoms with Crippen molar-refractivity contribution in [3.63, 3.8) is 0 Å². The molecule has 0 spiro atoms. The van der Waals surface area contributed by atoms with Gasteiger partial charge in [-0.2, -0.15) is 0 Å². The van der Waals surface area contributed by atoms with Crippen molar-refractivity contribution in [2.24, 2.45) is 5.41 Å². The molecular weight excluding hydrogens is 188 g/mol. The first-order chi connectivity index (χ1) is 7.20. The zero-order chi connectivity index (χ0) is 10.7. The normalized spacial score (nSPS) is 25.8. The zero-order valence-corrected chi connectivity index (χ0v) is 10.1. The third kappa shape index (κ3) is 2.92. The molecule has 0 unspecified atom stereocenters. The highest BCUT2D eigenvalue weighted by molar-refractivity contribution is 4.91. The number of rotatable bonds is 5. The molecule has 2 aliphatic rings. The van der Waals surface area contributed by atoms with Crippen LogP contribution in [0.3, 0.4) is 0 Å². The van der Waals surface area contributed by atoms with Gasteiger partial charge in [-0.15, -0.1) is 0 Å². The minimum Gasteiger partial charge on any atom is -0.380 e. The van der Waals surface area contributed by atoms with Gasteiger partial charge < -0.3 is 15.0 Å². The Labute approximate surface area is 93.2 Å². The third-order valence-corrected chi connectivity index (χ3v) is 3.46. The van der Waals surface area contributed by atoms with Gasteiger partial charge in [0.15, 0.2) is 0 Å². The summed E-state index contributed by atoms with van der Waals surface area (Å²) in [4.78, 5) is 2.60. The highest BCUT2D eigenvalue weighted by Gasteiger charge is 2.40. The Hall–Kier alpha value is -0.120. The van der Waals surface area contributed by atoms with Crippen molar-refractivity contribution in [2.75, 3.05) is 39.4 Å². The summed E-state index contributed by atoms with van der Waals surface area (Å²) in [6.45, 7) is 11.2. The van der Waals surface area contributed by atoms with Crippen LogP contribution >= 0.6 is 0 Å². The van der Waals surface area contributed by atoms with E-state index in [-0.39, 0.29) is 0 Å². The number of hydrogen-bond donors (Lipinski definition) is 1. The molecule has 2 fully saturated rings. The largest absolute Gasteiger partial charge is 0.380 e. The van der Waals surface area contributed by atoms with Crippen LogP contribution in [0.2, 0.25) is 0 Å². The first-order valence-electron chi connectivity index (χ1n) is 6.24. The first-order valence-corrected chi connectivity index (χ1v) is 6.24. The molecule has 88 valence electrons. The van der Waals surface area contributed by atoms with Crippen LogP contribution in [0.25, 0.3) is 0 Å². The van der Waals surface area contributed by atoms with Crippen molar-refractivity contribution >= 4 is 0 Å². The summed E-state index contributed by atoms with van der Waals surface area (Å²) in [5.74, 6) is 0. The standard InChI is InChI=1S/C12H24N2O/c1-11(2)13-7-12(9-15-10-12)8-14-5-3-4-6-14/h11,13H,3-10H2,1-2H3. The van der Waals surface area contributed by atoms with Crippen LogP contribution in [0.5, 0.6) is 0 Å². The molecule has 0 saturated carbocycles. The predicted octanol–water partition coefficient (Wildman–Crippen LogP) is 1.10. The van der Waals surface area contributed by atoms with Crippen molar-refractivity contribution in [3.8, 4) is 0 Å². The van der Waals surface area contributed by atoms with Gasteiger partial charge >= 0.3 is 0 Å². The Morgan fingerprint density at radius 1 is 1.27 bits per heavy atom. The Balaban J connectivity index is 1.79. The molecule has 3 heteroatoms. The summed E-state index contributed by atoms with van der Waals surface area (Å²) in [6, 6.07) is 0.584. The van der Waals surface area contributed by atoms with Crippen LogP contribution < -0.4 is 5.32 Å². The fourth-order valence-corrected chi connectivity index (χ4v) is 2.48. The lowest BCUT2D eigenvalue weighted by atomic mass is 9.85. The molecule has 15 heavy (non-hydrogen) atoms. The molecule has 0 atom stereocenters. The van der Waals surface area contributed by atoms with E-state index in [2.05, 4.69) is 24.1 Å². The fraction of sp³-hybridized carbons (Fsp3) is 1.00. The van der Waals surface area contributed by atoms with Crippen LogP contribution in [0.4, 0.5) is 0 Å². The number of ether oxygens (including phenoxy) is 1. The molecule has 0 aromatic heterocycles. The van der Waals surface area contributed by atoms with Gasteiger partial charge in [-0.25, -0.2) is 0 Å². The van der Waals surface area contributed by atoms with Gasteiger partial charge in [0.2, 0.25) is 0 Å². The second-order valence-electron chi connectivity index (χ2n) is 5.51. The SMILES string of the molecule is CC(C)NCC1(CN2CCCC2)COC1. The van der Waals surface area contributed by atoms with Crippen LogP contribution in [0, 0.1) is 5.41 Å². The van der Waals surface area contributed by atoms with Gasteiger partial charge in [0.05, 0.1) is 13.2 Å². The molecule has 0 bridgehead atoms. The van der Waals surface area contributed by atoms with Crippen LogP contribution in [0.1, 0.15) is 26.7 Å². The van der Waals surface area contributed by atoms with Gasteiger partial charge in [-0.05, 0) is 25.9 Å². The lowest BCUT2D eigenvalue weighted by molar-refractivity contribution is -0.123. The zero-order valence-electron chi connectivity index (χ0n) is 10.1. The monoisotopic (exact) mass is 212 g/mol. The molecule has 0 amide bonds. The van der Waals surface area contributed by atoms with Gasteiger partial charge in [-0.3, -0.25) is 0 Å². The summed E-state index contributed by atoms with van der Waals surface area (Å²) < 4.78 is 5.41. The topological polar surface area (TPSA) is 24.5 Å². The lowest BCUT2D eigenvalue weighted by Gasteiger charge is -2.44. The van der Waals surface area contributed by atoms with Crippen molar-refractivity contribution in [1.29, 1.82) is 0 Å². The van der Waals surface area contributed by atoms with E-state index < -0.39 is 0 Å². The summed E-state index contributed by atoms with van der Waals surface area (Å²) in [7, 11) is 0. The van der Waals surface area contributed by atoms with E-state index in [1.54, 1.807) is 0 Å². The molecule has 2 rings (SSSR count). The molecule has 0 aromatic carbocycles. The van der Waals surface area contributed by atoms with Crippen LogP contribution in [-0.4, -0.2) is 50.3 Å². The van der Waals surface area contributed by atoms with Crippen LogP contribution in [-0.2, 0) is 4.74 Å². The molecule has 2 saturated heterocycles. The minimum atomic E-state index is 0.411. The Bertz CT molecular complexity index is 196. The molecule has 2 aliphatic heterocycles. The van der Waals surface area contributed by atoms with E-state index in [0.717, 1.165) is 19.8 Å². The molecule has 1 N–H and O–H groups in total. The Morgan fingerprint density at radius 2 is 1.93 bits per heavy atom. The van der Waals surface area contributed by atoms with Crippen LogP contribution in [0.15, 0.2) is 0 Å². The fourth-order valence-electron chi connectivity index (χ4n) is 2.48. The minimum absolute atomic E-state index is 0.411. The van der Waals surface area contributed by atoms with E-state index in [0.29, 0.717) is 11.5 Å². The number of nitrogens with one attached hydrogen (secondary N) is 1. The smallest absolute Gasteiger partial charge is 0.0569 e. The quantitative estimate of drug-likeness (QED) is 0.738. The summed E-state index contributed by atoms with van der Waals surface area (Å²) in [5.41, 5.74) is 0.411. The van der Waals surface area contributed by atoms with E-state index in [9.17, 15) is 0 Å². The summed E-state index contributed by atoms with van der Waals surface area (Å²) in [5, 5.41) is 3.56. The van der Waals surface area contributed by atoms with Gasteiger partial charge in [-0.1, -0.05) is 13.8 Å². The number of likely N-dealkylation sites (tertiary alicyclic amines) is 1. The van der Waals surface area contributed by atoms with Crippen molar-refractivity contribution in [1.82, 2.24) is 10.2 Å². The Kier molecular flexibility index (Phi) is 3.65. The molecule has 3 nitrogen and oxygen atoms in total. The van der Waals surface area contributed by atoms with Crippen molar-refractivity contribution in [2.45, 2.75) is 32.7 Å². The molecular formula is C12H24N2O. The molecule has 0 radical (unpaired) electrons. The summed E-state index contributed by atoms with van der Waals surface area (Å²) in [6.07, 6.45) is 2.77. The maximum absolute atomic E-state index is 5.41. The number of hydrogen-bond acceptors (Lipinski definition) is 3. The highest BCUT2D eigenvalue weighted by Crippen LogP contribution is 2.29. The van der Waals surface area contributed by atoms with Gasteiger partial charge in [0.1, 0.15) is 0 Å². The number of nitrogens with zero attached hydrogens (tertiary/aromatic N) is 1. The highest BCUT2D eigenvalue weighted by atomic mass is 16.5. The first kappa shape index (κ1) is 11.4. The second-order valence-corrected chi connectivity index (χ2v) is 5.51. The van der Waals surface area contributed by atoms with E-state index in [4.69, 9.17) is 4.74 Å². The average molecular weight is 212 g/mol. The van der Waals surface area contributed by atoms with E-state index in [1.165, 1.54) is 32.5 Å². The average Bonchev–Trinajstić information content (AvgIpc) is 2.61. The predicted molar refractivity (Wildman–Crippen MR) is 62.1 cm³/mol. The molecule has 2 heterocycles. The van der Waals surface area contributed by atoms with Gasteiger partial charge in [0.25, 0.3) is 0 Å². The lowest BCUT2D eigenvalue weighted by Crippen LogP contribution is -2.56. The second kappa shape index (κ2) is 4.81.